The van der Waals surface area contributed by atoms with Gasteiger partial charge in [-0.1, -0.05) is 26.0 Å². The average molecular weight is 179 g/mol. The zero-order chi connectivity index (χ0) is 9.47. The van der Waals surface area contributed by atoms with Crippen molar-refractivity contribution >= 4 is 0 Å². The maximum atomic E-state index is 6.03. The third kappa shape index (κ3) is 2.34. The normalized spacial score (nSPS) is 28.3. The minimum absolute atomic E-state index is 0.0992. The van der Waals surface area contributed by atoms with E-state index in [2.05, 4.69) is 26.0 Å². The van der Waals surface area contributed by atoms with Crippen LogP contribution < -0.4 is 5.73 Å². The summed E-state index contributed by atoms with van der Waals surface area (Å²) < 4.78 is 0. The first kappa shape index (κ1) is 9.26. The molecular formula is C12H21N. The molecule has 0 saturated heterocycles. The second-order valence-electron chi connectivity index (χ2n) is 5.25. The first-order valence-electron chi connectivity index (χ1n) is 5.59. The van der Waals surface area contributed by atoms with Crippen molar-refractivity contribution in [1.29, 1.82) is 0 Å². The molecule has 0 radical (unpaired) electrons. The first-order chi connectivity index (χ1) is 6.11. The topological polar surface area (TPSA) is 26.0 Å². The molecule has 0 aromatic rings. The van der Waals surface area contributed by atoms with E-state index in [1.807, 2.05) is 0 Å². The molecule has 0 spiro atoms. The summed E-state index contributed by atoms with van der Waals surface area (Å²) in [4.78, 5) is 0. The van der Waals surface area contributed by atoms with E-state index in [0.717, 1.165) is 17.8 Å². The number of hydrogen-bond donors (Lipinski definition) is 1. The van der Waals surface area contributed by atoms with Crippen molar-refractivity contribution in [3.63, 3.8) is 0 Å². The van der Waals surface area contributed by atoms with Gasteiger partial charge in [0.15, 0.2) is 0 Å². The Bertz CT molecular complexity index is 207. The van der Waals surface area contributed by atoms with Crippen LogP contribution >= 0.6 is 0 Å². The van der Waals surface area contributed by atoms with Crippen LogP contribution in [0.4, 0.5) is 0 Å². The van der Waals surface area contributed by atoms with Crippen LogP contribution in [-0.2, 0) is 0 Å². The van der Waals surface area contributed by atoms with Crippen LogP contribution in [0.25, 0.3) is 0 Å². The predicted octanol–water partition coefficient (Wildman–Crippen LogP) is 2.72. The minimum atomic E-state index is 0.0992. The van der Waals surface area contributed by atoms with Crippen molar-refractivity contribution in [3.05, 3.63) is 12.2 Å². The first-order valence-corrected chi connectivity index (χ1v) is 5.59. The zero-order valence-electron chi connectivity index (χ0n) is 8.79. The van der Waals surface area contributed by atoms with Crippen molar-refractivity contribution in [2.24, 2.45) is 23.5 Å². The lowest BCUT2D eigenvalue weighted by Crippen LogP contribution is -2.19. The van der Waals surface area contributed by atoms with Gasteiger partial charge in [0.1, 0.15) is 0 Å². The Morgan fingerprint density at radius 2 is 1.92 bits per heavy atom. The lowest BCUT2D eigenvalue weighted by molar-refractivity contribution is 0.415. The number of hydrogen-bond acceptors (Lipinski definition) is 1. The summed E-state index contributed by atoms with van der Waals surface area (Å²) in [5.74, 6) is 2.55. The predicted molar refractivity (Wildman–Crippen MR) is 56.3 cm³/mol. The molecule has 2 fully saturated rings. The molecule has 2 aliphatic rings. The van der Waals surface area contributed by atoms with E-state index in [9.17, 15) is 0 Å². The molecule has 1 atom stereocenters. The number of allylic oxidation sites excluding steroid dienone is 1. The number of nitrogens with two attached hydrogens (primary N) is 1. The summed E-state index contributed by atoms with van der Waals surface area (Å²) in [6.45, 7) is 4.65. The molecule has 0 heterocycles. The SMILES string of the molecule is CC(C)C(/C=C/C1(N)CC1)C1CC1. The minimum Gasteiger partial charge on any atom is -0.322 e. The third-order valence-corrected chi connectivity index (χ3v) is 3.41. The van der Waals surface area contributed by atoms with Gasteiger partial charge < -0.3 is 5.73 Å². The summed E-state index contributed by atoms with van der Waals surface area (Å²) in [6.07, 6.45) is 9.93. The van der Waals surface area contributed by atoms with Gasteiger partial charge in [0.2, 0.25) is 0 Å². The molecule has 0 aromatic carbocycles. The standard InChI is InChI=1S/C12H21N/c1-9(2)11(10-3-4-10)5-6-12(13)7-8-12/h5-6,9-11H,3-4,7-8,13H2,1-2H3/b6-5+. The molecule has 2 rings (SSSR count). The van der Waals surface area contributed by atoms with E-state index in [1.165, 1.54) is 25.7 Å². The molecule has 0 aromatic heterocycles. The van der Waals surface area contributed by atoms with Gasteiger partial charge in [-0.2, -0.15) is 0 Å². The van der Waals surface area contributed by atoms with Crippen molar-refractivity contribution < 1.29 is 0 Å². The molecule has 1 heteroatoms. The molecule has 0 bridgehead atoms. The van der Waals surface area contributed by atoms with Crippen LogP contribution in [0.3, 0.4) is 0 Å². The van der Waals surface area contributed by atoms with Gasteiger partial charge in [-0.25, -0.2) is 0 Å². The highest BCUT2D eigenvalue weighted by molar-refractivity contribution is 5.16. The Morgan fingerprint density at radius 1 is 1.31 bits per heavy atom. The van der Waals surface area contributed by atoms with Crippen LogP contribution in [0.15, 0.2) is 12.2 Å². The molecule has 0 amide bonds. The smallest absolute Gasteiger partial charge is 0.0340 e. The largest absolute Gasteiger partial charge is 0.322 e. The Kier molecular flexibility index (Phi) is 2.23. The highest BCUT2D eigenvalue weighted by Gasteiger charge is 2.37. The van der Waals surface area contributed by atoms with Crippen LogP contribution in [0, 0.1) is 17.8 Å². The lowest BCUT2D eigenvalue weighted by Gasteiger charge is -2.16. The molecule has 2 aliphatic carbocycles. The summed E-state index contributed by atoms with van der Waals surface area (Å²) in [7, 11) is 0. The summed E-state index contributed by atoms with van der Waals surface area (Å²) in [6, 6.07) is 0. The van der Waals surface area contributed by atoms with Gasteiger partial charge in [0.25, 0.3) is 0 Å². The van der Waals surface area contributed by atoms with E-state index >= 15 is 0 Å². The fraction of sp³-hybridized carbons (Fsp3) is 0.833. The fourth-order valence-corrected chi connectivity index (χ4v) is 2.02. The van der Waals surface area contributed by atoms with Gasteiger partial charge in [0, 0.05) is 5.54 Å². The quantitative estimate of drug-likeness (QED) is 0.660. The van der Waals surface area contributed by atoms with Crippen LogP contribution in [0.2, 0.25) is 0 Å². The van der Waals surface area contributed by atoms with Crippen LogP contribution in [0.1, 0.15) is 39.5 Å². The van der Waals surface area contributed by atoms with Gasteiger partial charge in [-0.15, -0.1) is 0 Å². The summed E-state index contributed by atoms with van der Waals surface area (Å²) in [5.41, 5.74) is 6.13. The van der Waals surface area contributed by atoms with Gasteiger partial charge in [-0.05, 0) is 43.4 Å². The van der Waals surface area contributed by atoms with Gasteiger partial charge in [0.05, 0.1) is 0 Å². The Balaban J connectivity index is 1.92. The Labute approximate surface area is 81.4 Å². The second kappa shape index (κ2) is 3.13. The zero-order valence-corrected chi connectivity index (χ0v) is 8.79. The van der Waals surface area contributed by atoms with Crippen LogP contribution in [-0.4, -0.2) is 5.54 Å². The second-order valence-corrected chi connectivity index (χ2v) is 5.25. The molecular weight excluding hydrogens is 158 g/mol. The lowest BCUT2D eigenvalue weighted by atomic mass is 9.90. The highest BCUT2D eigenvalue weighted by atomic mass is 14.8. The van der Waals surface area contributed by atoms with E-state index in [1.54, 1.807) is 0 Å². The molecule has 1 unspecified atom stereocenters. The number of rotatable bonds is 4. The fourth-order valence-electron chi connectivity index (χ4n) is 2.02. The Morgan fingerprint density at radius 3 is 2.31 bits per heavy atom. The van der Waals surface area contributed by atoms with E-state index in [-0.39, 0.29) is 5.54 Å². The van der Waals surface area contributed by atoms with Gasteiger partial charge >= 0.3 is 0 Å². The Hall–Kier alpha value is -0.300. The summed E-state index contributed by atoms with van der Waals surface area (Å²) in [5, 5.41) is 0. The third-order valence-electron chi connectivity index (χ3n) is 3.41. The highest BCUT2D eigenvalue weighted by Crippen LogP contribution is 2.42. The van der Waals surface area contributed by atoms with Crippen molar-refractivity contribution in [3.8, 4) is 0 Å². The molecule has 1 nitrogen and oxygen atoms in total. The molecule has 74 valence electrons. The molecule has 13 heavy (non-hydrogen) atoms. The van der Waals surface area contributed by atoms with Crippen molar-refractivity contribution in [1.82, 2.24) is 0 Å². The van der Waals surface area contributed by atoms with Crippen molar-refractivity contribution in [2.75, 3.05) is 0 Å². The van der Waals surface area contributed by atoms with Crippen LogP contribution in [0.5, 0.6) is 0 Å². The van der Waals surface area contributed by atoms with E-state index in [0.29, 0.717) is 0 Å². The average Bonchev–Trinajstić information content (AvgIpc) is 2.88. The van der Waals surface area contributed by atoms with Gasteiger partial charge in [-0.3, -0.25) is 0 Å². The van der Waals surface area contributed by atoms with E-state index < -0.39 is 0 Å². The summed E-state index contributed by atoms with van der Waals surface area (Å²) >= 11 is 0. The molecule has 2 N–H and O–H groups in total. The maximum Gasteiger partial charge on any atom is 0.0340 e. The van der Waals surface area contributed by atoms with Crippen molar-refractivity contribution in [2.45, 2.75) is 45.1 Å². The van der Waals surface area contributed by atoms with E-state index in [4.69, 9.17) is 5.73 Å². The maximum absolute atomic E-state index is 6.03. The monoisotopic (exact) mass is 179 g/mol. The molecule has 2 saturated carbocycles. The molecule has 0 aliphatic heterocycles.